The highest BCUT2D eigenvalue weighted by atomic mass is 16.4. The molecule has 23 heavy (non-hydrogen) atoms. The molecule has 0 radical (unpaired) electrons. The van der Waals surface area contributed by atoms with Gasteiger partial charge in [0.25, 0.3) is 0 Å². The molecule has 0 aliphatic rings. The van der Waals surface area contributed by atoms with Gasteiger partial charge in [-0.3, -0.25) is 19.6 Å². The maximum absolute atomic E-state index is 10.8. The number of nitrogens with zero attached hydrogens (tertiary/aromatic N) is 2. The fourth-order valence-electron chi connectivity index (χ4n) is 1.70. The number of carbonyl (C=O) groups excluding carboxylic acids is 2. The Kier molecular flexibility index (Phi) is 6.48. The number of hydrogen-bond donors (Lipinski definition) is 7. The molecule has 128 valence electrons. The quantitative estimate of drug-likeness (QED) is 0.244. The van der Waals surface area contributed by atoms with Crippen LogP contribution in [0.2, 0.25) is 0 Å². The van der Waals surface area contributed by atoms with Gasteiger partial charge in [-0.1, -0.05) is 0 Å². The third-order valence-electron chi connectivity index (χ3n) is 3.02. The Balaban J connectivity index is 2.88. The van der Waals surface area contributed by atoms with Crippen LogP contribution in [0.15, 0.2) is 12.4 Å². The van der Waals surface area contributed by atoms with E-state index in [-0.39, 0.29) is 17.8 Å². The standard InChI is InChI=1S/C12H18N4O7/c13-11(22)8(19)6(17)1-4-2-15-3-5(16-4)7(18)9(20)10(21)12(14)23/h2-3,6-10,17-21H,1H2,(H2,13,22)(H2,14,23). The van der Waals surface area contributed by atoms with Crippen LogP contribution < -0.4 is 11.5 Å². The van der Waals surface area contributed by atoms with Crippen LogP contribution in [0.25, 0.3) is 0 Å². The van der Waals surface area contributed by atoms with Gasteiger partial charge in [0.05, 0.1) is 23.7 Å². The summed E-state index contributed by atoms with van der Waals surface area (Å²) in [6.45, 7) is 0. The topological polar surface area (TPSA) is 213 Å². The van der Waals surface area contributed by atoms with Gasteiger partial charge in [0.15, 0.2) is 12.2 Å². The molecule has 0 saturated heterocycles. The van der Waals surface area contributed by atoms with Gasteiger partial charge in [0, 0.05) is 12.6 Å². The molecule has 1 rings (SSSR count). The molecule has 11 nitrogen and oxygen atoms in total. The maximum atomic E-state index is 10.8. The van der Waals surface area contributed by atoms with E-state index in [4.69, 9.17) is 11.5 Å². The average Bonchev–Trinajstić information content (AvgIpc) is 2.51. The predicted octanol–water partition coefficient (Wildman–Crippen LogP) is -4.53. The van der Waals surface area contributed by atoms with Gasteiger partial charge in [-0.05, 0) is 0 Å². The molecule has 0 aliphatic heterocycles. The van der Waals surface area contributed by atoms with E-state index in [1.807, 2.05) is 0 Å². The summed E-state index contributed by atoms with van der Waals surface area (Å²) in [5.74, 6) is -2.36. The second-order valence-corrected chi connectivity index (χ2v) is 4.84. The summed E-state index contributed by atoms with van der Waals surface area (Å²) in [6, 6.07) is 0. The molecule has 11 heteroatoms. The number of hydrogen-bond acceptors (Lipinski definition) is 9. The number of primary amides is 2. The molecule has 1 aromatic rings. The molecule has 0 saturated carbocycles. The van der Waals surface area contributed by atoms with E-state index in [2.05, 4.69) is 9.97 Å². The summed E-state index contributed by atoms with van der Waals surface area (Å²) < 4.78 is 0. The van der Waals surface area contributed by atoms with Crippen molar-refractivity contribution in [3.63, 3.8) is 0 Å². The minimum Gasteiger partial charge on any atom is -0.389 e. The minimum absolute atomic E-state index is 0.0649. The lowest BCUT2D eigenvalue weighted by Crippen LogP contribution is -2.42. The first kappa shape index (κ1) is 18.9. The first-order valence-electron chi connectivity index (χ1n) is 6.45. The Bertz CT molecular complexity index is 570. The fourth-order valence-corrected chi connectivity index (χ4v) is 1.70. The maximum Gasteiger partial charge on any atom is 0.249 e. The van der Waals surface area contributed by atoms with E-state index >= 15 is 0 Å². The number of carbonyl (C=O) groups is 2. The highest BCUT2D eigenvalue weighted by Gasteiger charge is 2.31. The van der Waals surface area contributed by atoms with E-state index in [9.17, 15) is 35.1 Å². The largest absolute Gasteiger partial charge is 0.389 e. The van der Waals surface area contributed by atoms with Crippen molar-refractivity contribution in [3.05, 3.63) is 23.8 Å². The normalized spacial score (nSPS) is 17.8. The van der Waals surface area contributed by atoms with Crippen LogP contribution in [-0.2, 0) is 16.0 Å². The van der Waals surface area contributed by atoms with Crippen molar-refractivity contribution in [2.75, 3.05) is 0 Å². The molecule has 5 unspecified atom stereocenters. The molecule has 5 atom stereocenters. The van der Waals surface area contributed by atoms with Crippen LogP contribution in [0.3, 0.4) is 0 Å². The van der Waals surface area contributed by atoms with Gasteiger partial charge in [0.2, 0.25) is 11.8 Å². The van der Waals surface area contributed by atoms with Gasteiger partial charge in [-0.25, -0.2) is 0 Å². The Hall–Kier alpha value is -2.18. The van der Waals surface area contributed by atoms with Crippen molar-refractivity contribution < 1.29 is 35.1 Å². The summed E-state index contributed by atoms with van der Waals surface area (Å²) in [6.07, 6.45) is -7.15. The Morgan fingerprint density at radius 3 is 2.09 bits per heavy atom. The monoisotopic (exact) mass is 330 g/mol. The molecular formula is C12H18N4O7. The van der Waals surface area contributed by atoms with E-state index in [1.54, 1.807) is 0 Å². The zero-order valence-electron chi connectivity index (χ0n) is 11.9. The number of aromatic nitrogens is 2. The Morgan fingerprint density at radius 1 is 1.00 bits per heavy atom. The first-order valence-corrected chi connectivity index (χ1v) is 6.45. The highest BCUT2D eigenvalue weighted by Crippen LogP contribution is 2.17. The van der Waals surface area contributed by atoms with E-state index in [1.165, 1.54) is 6.20 Å². The number of nitrogens with two attached hydrogens (primary N) is 2. The van der Waals surface area contributed by atoms with Crippen LogP contribution >= 0.6 is 0 Å². The molecule has 1 aromatic heterocycles. The minimum atomic E-state index is -2.02. The van der Waals surface area contributed by atoms with E-state index in [0.717, 1.165) is 6.20 Å². The van der Waals surface area contributed by atoms with Gasteiger partial charge < -0.3 is 37.0 Å². The number of aliphatic hydroxyl groups excluding tert-OH is 5. The molecule has 1 heterocycles. The number of aliphatic hydroxyl groups is 5. The van der Waals surface area contributed by atoms with Gasteiger partial charge in [0.1, 0.15) is 12.2 Å². The summed E-state index contributed by atoms with van der Waals surface area (Å²) >= 11 is 0. The molecule has 0 fully saturated rings. The summed E-state index contributed by atoms with van der Waals surface area (Å²) in [5, 5.41) is 47.7. The van der Waals surface area contributed by atoms with E-state index in [0.29, 0.717) is 0 Å². The lowest BCUT2D eigenvalue weighted by atomic mass is 10.0. The molecule has 9 N–H and O–H groups in total. The summed E-state index contributed by atoms with van der Waals surface area (Å²) in [7, 11) is 0. The van der Waals surface area contributed by atoms with Crippen molar-refractivity contribution in [2.24, 2.45) is 11.5 Å². The molecule has 0 aliphatic carbocycles. The van der Waals surface area contributed by atoms with Crippen LogP contribution in [0.4, 0.5) is 0 Å². The lowest BCUT2D eigenvalue weighted by Gasteiger charge is -2.21. The summed E-state index contributed by atoms with van der Waals surface area (Å²) in [5.41, 5.74) is 9.50. The van der Waals surface area contributed by atoms with Crippen LogP contribution in [0.5, 0.6) is 0 Å². The third-order valence-corrected chi connectivity index (χ3v) is 3.02. The van der Waals surface area contributed by atoms with Gasteiger partial charge in [-0.2, -0.15) is 0 Å². The molecule has 0 bridgehead atoms. The second-order valence-electron chi connectivity index (χ2n) is 4.84. The zero-order valence-corrected chi connectivity index (χ0v) is 11.9. The lowest BCUT2D eigenvalue weighted by molar-refractivity contribution is -0.137. The Labute approximate surface area is 130 Å². The number of amides is 2. The fraction of sp³-hybridized carbons (Fsp3) is 0.500. The van der Waals surface area contributed by atoms with Crippen molar-refractivity contribution in [1.82, 2.24) is 9.97 Å². The van der Waals surface area contributed by atoms with Crippen molar-refractivity contribution >= 4 is 11.8 Å². The van der Waals surface area contributed by atoms with E-state index < -0.39 is 42.3 Å². The van der Waals surface area contributed by atoms with Crippen molar-refractivity contribution in [3.8, 4) is 0 Å². The van der Waals surface area contributed by atoms with Gasteiger partial charge in [-0.15, -0.1) is 0 Å². The second kappa shape index (κ2) is 7.89. The number of rotatable bonds is 8. The molecular weight excluding hydrogens is 312 g/mol. The van der Waals surface area contributed by atoms with Crippen molar-refractivity contribution in [1.29, 1.82) is 0 Å². The van der Waals surface area contributed by atoms with Crippen LogP contribution in [0.1, 0.15) is 17.5 Å². The molecule has 0 aromatic carbocycles. The molecule has 0 spiro atoms. The smallest absolute Gasteiger partial charge is 0.249 e. The molecule has 2 amide bonds. The Morgan fingerprint density at radius 2 is 1.57 bits per heavy atom. The first-order chi connectivity index (χ1) is 10.6. The van der Waals surface area contributed by atoms with Crippen LogP contribution in [-0.4, -0.2) is 71.7 Å². The average molecular weight is 330 g/mol. The van der Waals surface area contributed by atoms with Gasteiger partial charge >= 0.3 is 0 Å². The third kappa shape index (κ3) is 4.91. The van der Waals surface area contributed by atoms with Crippen molar-refractivity contribution in [2.45, 2.75) is 36.9 Å². The SMILES string of the molecule is NC(=O)C(O)C(O)Cc1cncc(C(O)C(O)C(O)C(N)=O)n1. The zero-order chi connectivity index (χ0) is 17.7. The van der Waals surface area contributed by atoms with Crippen LogP contribution in [0, 0.1) is 0 Å². The highest BCUT2D eigenvalue weighted by molar-refractivity contribution is 5.79. The summed E-state index contributed by atoms with van der Waals surface area (Å²) in [4.78, 5) is 29.1. The predicted molar refractivity (Wildman–Crippen MR) is 73.1 cm³/mol.